The summed E-state index contributed by atoms with van der Waals surface area (Å²) >= 11 is 6.19. The number of halogens is 1. The number of aromatic nitrogens is 3. The Morgan fingerprint density at radius 1 is 0.827 bits per heavy atom. The smallest absolute Gasteiger partial charge is 0.251 e. The Morgan fingerprint density at radius 3 is 2.13 bits per heavy atom. The van der Waals surface area contributed by atoms with Gasteiger partial charge in [-0.3, -0.25) is 19.1 Å². The topological polar surface area (TPSA) is 168 Å². The molecule has 5 rings (SSSR count). The third-order valence-electron chi connectivity index (χ3n) is 7.95. The third-order valence-corrected chi connectivity index (χ3v) is 8.21. The largest absolute Gasteiger partial charge is 0.508 e. The molecule has 0 fully saturated rings. The zero-order valence-electron chi connectivity index (χ0n) is 29.2. The molecule has 14 nitrogen and oxygen atoms in total. The molecule has 3 N–H and O–H groups in total. The molecule has 0 saturated carbocycles. The molecule has 2 amide bonds. The molecule has 3 aromatic carbocycles. The highest BCUT2D eigenvalue weighted by molar-refractivity contribution is 6.30. The van der Waals surface area contributed by atoms with Crippen LogP contribution in [0, 0.1) is 6.92 Å². The molecule has 0 radical (unpaired) electrons. The maximum atomic E-state index is 13.1. The van der Waals surface area contributed by atoms with Crippen LogP contribution < -0.4 is 15.4 Å². The summed E-state index contributed by atoms with van der Waals surface area (Å²) < 4.78 is 29.6. The molecule has 52 heavy (non-hydrogen) atoms. The fraction of sp³-hybridized carbons (Fsp3) is 0.378. The molecule has 1 atom stereocenters. The first-order valence-corrected chi connectivity index (χ1v) is 17.3. The summed E-state index contributed by atoms with van der Waals surface area (Å²) in [5.74, 6) is 1.49. The average Bonchev–Trinajstić information content (AvgIpc) is 3.47. The Labute approximate surface area is 307 Å². The van der Waals surface area contributed by atoms with Crippen molar-refractivity contribution < 1.29 is 38.4 Å². The van der Waals surface area contributed by atoms with Crippen LogP contribution in [0.4, 0.5) is 0 Å². The number of nitrogens with zero attached hydrogens (tertiary/aromatic N) is 4. The number of aromatic hydroxyl groups is 1. The zero-order chi connectivity index (χ0) is 36.7. The van der Waals surface area contributed by atoms with Gasteiger partial charge in [-0.25, -0.2) is 0 Å². The van der Waals surface area contributed by atoms with Crippen molar-refractivity contribution in [2.24, 2.45) is 4.99 Å². The highest BCUT2D eigenvalue weighted by atomic mass is 35.5. The number of rotatable bonds is 20. The Morgan fingerprint density at radius 2 is 1.48 bits per heavy atom. The number of ether oxygens (including phenoxy) is 5. The van der Waals surface area contributed by atoms with Crippen LogP contribution in [-0.4, -0.2) is 110 Å². The van der Waals surface area contributed by atoms with Crippen LogP contribution >= 0.6 is 11.6 Å². The lowest BCUT2D eigenvalue weighted by Crippen LogP contribution is -2.29. The van der Waals surface area contributed by atoms with Gasteiger partial charge in [-0.2, -0.15) is 0 Å². The number of hydrogen-bond donors (Lipinski definition) is 3. The van der Waals surface area contributed by atoms with Gasteiger partial charge in [-0.1, -0.05) is 29.8 Å². The number of fused-ring (bicyclic) bond motifs is 3. The number of amides is 2. The lowest BCUT2D eigenvalue weighted by atomic mass is 10.00. The van der Waals surface area contributed by atoms with Gasteiger partial charge in [0.1, 0.15) is 23.4 Å². The second-order valence-corrected chi connectivity index (χ2v) is 12.1. The van der Waals surface area contributed by atoms with Crippen molar-refractivity contribution in [3.05, 3.63) is 100 Å². The predicted molar refractivity (Wildman–Crippen MR) is 194 cm³/mol. The van der Waals surface area contributed by atoms with Crippen LogP contribution in [-0.2, 0) is 23.7 Å². The molecular weight excluding hydrogens is 692 g/mol. The van der Waals surface area contributed by atoms with E-state index in [4.69, 9.17) is 40.3 Å². The van der Waals surface area contributed by atoms with E-state index in [9.17, 15) is 14.7 Å². The number of carbonyl (C=O) groups is 2. The van der Waals surface area contributed by atoms with E-state index < -0.39 is 6.04 Å². The van der Waals surface area contributed by atoms with E-state index >= 15 is 0 Å². The Balaban J connectivity index is 0.970. The number of carbonyl (C=O) groups excluding carboxylic acids is 2. The van der Waals surface area contributed by atoms with Gasteiger partial charge in [-0.05, 0) is 55.5 Å². The van der Waals surface area contributed by atoms with Crippen LogP contribution in [0.3, 0.4) is 0 Å². The molecule has 2 heterocycles. The zero-order valence-corrected chi connectivity index (χ0v) is 29.9. The van der Waals surface area contributed by atoms with Gasteiger partial charge in [0, 0.05) is 34.8 Å². The van der Waals surface area contributed by atoms with Gasteiger partial charge >= 0.3 is 0 Å². The maximum Gasteiger partial charge on any atom is 0.251 e. The van der Waals surface area contributed by atoms with E-state index in [1.54, 1.807) is 19.2 Å². The Hall–Kier alpha value is -4.86. The van der Waals surface area contributed by atoms with Gasteiger partial charge in [0.05, 0.1) is 77.8 Å². The quantitative estimate of drug-likeness (QED) is 0.114. The molecule has 0 unspecified atom stereocenters. The van der Waals surface area contributed by atoms with Crippen LogP contribution in [0.5, 0.6) is 11.5 Å². The average molecular weight is 735 g/mol. The van der Waals surface area contributed by atoms with E-state index in [-0.39, 0.29) is 24.0 Å². The number of phenols is 1. The van der Waals surface area contributed by atoms with Gasteiger partial charge < -0.3 is 39.4 Å². The molecule has 0 bridgehead atoms. The fourth-order valence-corrected chi connectivity index (χ4v) is 5.56. The number of aliphatic imine (C=N–C) groups is 1. The van der Waals surface area contributed by atoms with E-state index in [0.717, 1.165) is 16.8 Å². The van der Waals surface area contributed by atoms with Gasteiger partial charge in [0.15, 0.2) is 5.82 Å². The van der Waals surface area contributed by atoms with Crippen molar-refractivity contribution in [2.45, 2.75) is 19.4 Å². The number of nitrogens with one attached hydrogen (secondary N) is 2. The summed E-state index contributed by atoms with van der Waals surface area (Å²) in [5, 5.41) is 24.5. The summed E-state index contributed by atoms with van der Waals surface area (Å²) in [5.41, 5.74) is 3.60. The number of phenolic OH excluding ortho intramolecular Hbond substituents is 1. The monoisotopic (exact) mass is 734 g/mol. The minimum atomic E-state index is -0.599. The van der Waals surface area contributed by atoms with Crippen molar-refractivity contribution in [3.63, 3.8) is 0 Å². The van der Waals surface area contributed by atoms with Crippen molar-refractivity contribution in [3.8, 4) is 17.2 Å². The number of methoxy groups -OCH3 is 1. The summed E-state index contributed by atoms with van der Waals surface area (Å²) in [6.45, 7) is 5.55. The molecule has 0 aliphatic carbocycles. The summed E-state index contributed by atoms with van der Waals surface area (Å²) in [7, 11) is 1.61. The molecule has 1 aromatic heterocycles. The van der Waals surface area contributed by atoms with Crippen molar-refractivity contribution >= 4 is 29.1 Å². The second kappa shape index (κ2) is 19.7. The Bertz CT molecular complexity index is 1820. The summed E-state index contributed by atoms with van der Waals surface area (Å²) in [6, 6.07) is 18.7. The van der Waals surface area contributed by atoms with Crippen molar-refractivity contribution in [1.29, 1.82) is 0 Å². The summed E-state index contributed by atoms with van der Waals surface area (Å²) in [4.78, 5) is 30.2. The number of hydrogen-bond acceptors (Lipinski definition) is 11. The highest BCUT2D eigenvalue weighted by Crippen LogP contribution is 2.34. The van der Waals surface area contributed by atoms with Crippen molar-refractivity contribution in [1.82, 2.24) is 25.4 Å². The van der Waals surface area contributed by atoms with Crippen LogP contribution in [0.25, 0.3) is 5.69 Å². The fourth-order valence-electron chi connectivity index (χ4n) is 5.43. The molecule has 0 saturated heterocycles. The molecule has 276 valence electrons. The molecule has 1 aliphatic heterocycles. The standard InChI is InChI=1S/C37H43ClN6O8/c1-25-42-43-36-32(41-35(26-6-8-28(38)9-7-26)31-23-30(48-2)10-11-33(31)44(25)36)24-34(46)39-12-14-49-16-18-51-20-21-52-19-17-50-15-13-40-37(47)27-4-3-5-29(45)22-27/h3-11,22-23,32,45H,12-21,24H2,1-2H3,(H,39,46)(H,40,47)/t32-/m0/s1. The normalized spacial score (nSPS) is 13.4. The first kappa shape index (κ1) is 38.4. The number of benzene rings is 3. The third kappa shape index (κ3) is 10.8. The molecule has 0 spiro atoms. The van der Waals surface area contributed by atoms with Gasteiger partial charge in [0.25, 0.3) is 5.91 Å². The van der Waals surface area contributed by atoms with E-state index in [0.29, 0.717) is 99.6 Å². The molecule has 1 aliphatic rings. The van der Waals surface area contributed by atoms with E-state index in [1.807, 2.05) is 54.0 Å². The van der Waals surface area contributed by atoms with Crippen LogP contribution in [0.2, 0.25) is 5.02 Å². The Kier molecular flexibility index (Phi) is 14.5. The lowest BCUT2D eigenvalue weighted by molar-refractivity contribution is -0.121. The molecular formula is C37H43ClN6O8. The van der Waals surface area contributed by atoms with E-state index in [2.05, 4.69) is 20.8 Å². The van der Waals surface area contributed by atoms with E-state index in [1.165, 1.54) is 12.1 Å². The van der Waals surface area contributed by atoms with Crippen LogP contribution in [0.15, 0.2) is 71.7 Å². The second-order valence-electron chi connectivity index (χ2n) is 11.6. The predicted octanol–water partition coefficient (Wildman–Crippen LogP) is 3.84. The first-order chi connectivity index (χ1) is 25.3. The SMILES string of the molecule is COc1ccc2c(c1)C(c1ccc(Cl)cc1)=N[C@@H](CC(=O)NCCOCCOCCOCCOCCNC(=O)c1cccc(O)c1)c1nnc(C)n1-2. The first-order valence-electron chi connectivity index (χ1n) is 16.9. The van der Waals surface area contributed by atoms with Gasteiger partial charge in [-0.15, -0.1) is 10.2 Å². The molecule has 4 aromatic rings. The summed E-state index contributed by atoms with van der Waals surface area (Å²) in [6.07, 6.45) is 0.0610. The van der Waals surface area contributed by atoms with Gasteiger partial charge in [0.2, 0.25) is 5.91 Å². The molecule has 15 heteroatoms. The minimum absolute atomic E-state index is 0.0410. The van der Waals surface area contributed by atoms with Crippen LogP contribution in [0.1, 0.15) is 45.6 Å². The van der Waals surface area contributed by atoms with Crippen molar-refractivity contribution in [2.75, 3.05) is 73.1 Å². The number of aryl methyl sites for hydroxylation is 1. The minimum Gasteiger partial charge on any atom is -0.508 e. The maximum absolute atomic E-state index is 13.1. The highest BCUT2D eigenvalue weighted by Gasteiger charge is 2.30. The lowest BCUT2D eigenvalue weighted by Gasteiger charge is -2.14.